The highest BCUT2D eigenvalue weighted by atomic mass is 16.4. The quantitative estimate of drug-likeness (QED) is 0.239. The minimum Gasteiger partial charge on any atom is -0.550 e. The van der Waals surface area contributed by atoms with Gasteiger partial charge in [0.05, 0.1) is 7.05 Å². The first-order valence-corrected chi connectivity index (χ1v) is 2.31. The van der Waals surface area contributed by atoms with Crippen LogP contribution >= 0.6 is 0 Å². The fourth-order valence-electron chi connectivity index (χ4n) is 0. The number of carboxylic acids is 1. The van der Waals surface area contributed by atoms with E-state index in [0.29, 0.717) is 0 Å². The number of carbonyl (C=O) groups excluding carboxylic acids is 1. The van der Waals surface area contributed by atoms with Gasteiger partial charge in [-0.2, -0.15) is 0 Å². The van der Waals surface area contributed by atoms with Crippen molar-refractivity contribution in [1.29, 1.82) is 5.41 Å². The van der Waals surface area contributed by atoms with E-state index in [0.717, 1.165) is 6.92 Å². The molecular formula is C4H11N3O2. The summed E-state index contributed by atoms with van der Waals surface area (Å²) < 4.78 is 0. The van der Waals surface area contributed by atoms with Crippen LogP contribution in [0.3, 0.4) is 0 Å². The minimum atomic E-state index is -1.08. The van der Waals surface area contributed by atoms with E-state index in [9.17, 15) is 0 Å². The number of aliphatic carboxylic acids is 1. The Labute approximate surface area is 53.4 Å². The Hall–Kier alpha value is -1.10. The average Bonchev–Trinajstić information content (AvgIpc) is 1.65. The van der Waals surface area contributed by atoms with E-state index < -0.39 is 5.97 Å². The molecule has 0 aromatic carbocycles. The molecule has 0 fully saturated rings. The van der Waals surface area contributed by atoms with Gasteiger partial charge in [-0.25, -0.2) is 5.41 Å². The van der Waals surface area contributed by atoms with Crippen molar-refractivity contribution in [3.8, 4) is 0 Å². The van der Waals surface area contributed by atoms with Gasteiger partial charge in [-0.1, -0.05) is 0 Å². The van der Waals surface area contributed by atoms with E-state index >= 15 is 0 Å². The molecule has 0 unspecified atom stereocenters. The molecule has 0 radical (unpaired) electrons. The zero-order chi connectivity index (χ0) is 7.86. The molecule has 0 spiro atoms. The fraction of sp³-hybridized carbons (Fsp3) is 0.500. The Balaban J connectivity index is 0. The molecule has 0 aromatic rings. The molecule has 0 rings (SSSR count). The molecule has 0 atom stereocenters. The molecule has 5 nitrogen and oxygen atoms in total. The number of carboxylic acid groups (broad SMARTS) is 1. The summed E-state index contributed by atoms with van der Waals surface area (Å²) in [5.74, 6) is -0.954. The lowest BCUT2D eigenvalue weighted by Crippen LogP contribution is -2.86. The number of hydrogen-bond acceptors (Lipinski definition) is 3. The maximum Gasteiger partial charge on any atom is 0.288 e. The largest absolute Gasteiger partial charge is 0.550 e. The second kappa shape index (κ2) is 6.90. The number of nitrogens with one attached hydrogen (secondary N) is 1. The van der Waals surface area contributed by atoms with Crippen LogP contribution in [-0.4, -0.2) is 19.0 Å². The topological polar surface area (TPSA) is 107 Å². The summed E-state index contributed by atoms with van der Waals surface area (Å²) in [5, 5.41) is 16.9. The summed E-state index contributed by atoms with van der Waals surface area (Å²) in [6.45, 7) is 0.972. The van der Waals surface area contributed by atoms with Crippen molar-refractivity contribution in [2.45, 2.75) is 6.92 Å². The summed E-state index contributed by atoms with van der Waals surface area (Å²) in [5.41, 5.74) is 4.82. The van der Waals surface area contributed by atoms with Gasteiger partial charge in [-0.05, 0) is 6.92 Å². The molecule has 0 aliphatic heterocycles. The highest BCUT2D eigenvalue weighted by molar-refractivity contribution is 5.62. The van der Waals surface area contributed by atoms with E-state index in [2.05, 4.69) is 0 Å². The van der Waals surface area contributed by atoms with E-state index in [1.165, 1.54) is 5.32 Å². The smallest absolute Gasteiger partial charge is 0.288 e. The first-order chi connectivity index (χ1) is 4.00. The number of quaternary nitrogens is 1. The Morgan fingerprint density at radius 3 is 1.89 bits per heavy atom. The van der Waals surface area contributed by atoms with Crippen LogP contribution in [0.2, 0.25) is 0 Å². The molecule has 5 heteroatoms. The number of guanidine groups is 1. The Kier molecular flexibility index (Phi) is 8.28. The second-order valence-corrected chi connectivity index (χ2v) is 1.24. The van der Waals surface area contributed by atoms with Gasteiger partial charge >= 0.3 is 0 Å². The lowest BCUT2D eigenvalue weighted by molar-refractivity contribution is -0.509. The van der Waals surface area contributed by atoms with Crippen LogP contribution in [0.1, 0.15) is 6.92 Å². The molecule has 9 heavy (non-hydrogen) atoms. The third-order valence-corrected chi connectivity index (χ3v) is 0.311. The Bertz CT molecular complexity index is 98.0. The van der Waals surface area contributed by atoms with Gasteiger partial charge in [-0.15, -0.1) is 0 Å². The van der Waals surface area contributed by atoms with Crippen LogP contribution in [0.15, 0.2) is 0 Å². The van der Waals surface area contributed by atoms with Gasteiger partial charge < -0.3 is 15.6 Å². The van der Waals surface area contributed by atoms with Gasteiger partial charge in [0, 0.05) is 5.97 Å². The number of rotatable bonds is 0. The molecule has 0 aliphatic rings. The van der Waals surface area contributed by atoms with Gasteiger partial charge in [0.1, 0.15) is 0 Å². The van der Waals surface area contributed by atoms with Crippen molar-refractivity contribution in [1.82, 2.24) is 0 Å². The number of hydrogen-bond donors (Lipinski definition) is 3. The number of nitrogens with two attached hydrogens (primary N) is 2. The monoisotopic (exact) mass is 133 g/mol. The lowest BCUT2D eigenvalue weighted by Gasteiger charge is -1.78. The van der Waals surface area contributed by atoms with Crippen molar-refractivity contribution < 1.29 is 15.2 Å². The highest BCUT2D eigenvalue weighted by Gasteiger charge is 1.73. The molecule has 0 saturated heterocycles. The fourth-order valence-corrected chi connectivity index (χ4v) is 0. The van der Waals surface area contributed by atoms with Crippen LogP contribution in [0.25, 0.3) is 0 Å². The van der Waals surface area contributed by atoms with Gasteiger partial charge in [0.15, 0.2) is 0 Å². The normalized spacial score (nSPS) is 6.89. The van der Waals surface area contributed by atoms with E-state index in [-0.39, 0.29) is 5.96 Å². The predicted molar refractivity (Wildman–Crippen MR) is 30.4 cm³/mol. The minimum absolute atomic E-state index is 0.130. The first-order valence-electron chi connectivity index (χ1n) is 2.31. The summed E-state index contributed by atoms with van der Waals surface area (Å²) >= 11 is 0. The van der Waals surface area contributed by atoms with E-state index in [1.807, 2.05) is 0 Å². The highest BCUT2D eigenvalue weighted by Crippen LogP contribution is 1.31. The maximum absolute atomic E-state index is 8.89. The van der Waals surface area contributed by atoms with Gasteiger partial charge in [-0.3, -0.25) is 5.32 Å². The van der Waals surface area contributed by atoms with Crippen LogP contribution in [0, 0.1) is 5.41 Å². The van der Waals surface area contributed by atoms with Crippen molar-refractivity contribution >= 4 is 11.9 Å². The number of carbonyl (C=O) groups is 1. The third kappa shape index (κ3) is 205. The molecule has 0 heterocycles. The summed E-state index contributed by atoms with van der Waals surface area (Å²) in [7, 11) is 1.72. The van der Waals surface area contributed by atoms with Crippen molar-refractivity contribution in [3.05, 3.63) is 0 Å². The van der Waals surface area contributed by atoms with Crippen LogP contribution in [-0.2, 0) is 4.79 Å². The Morgan fingerprint density at radius 1 is 1.78 bits per heavy atom. The summed E-state index contributed by atoms with van der Waals surface area (Å²) in [6, 6.07) is 0. The van der Waals surface area contributed by atoms with Crippen molar-refractivity contribution in [3.63, 3.8) is 0 Å². The van der Waals surface area contributed by atoms with Crippen LogP contribution < -0.4 is 16.2 Å². The van der Waals surface area contributed by atoms with E-state index in [1.54, 1.807) is 7.05 Å². The molecule has 54 valence electrons. The molecule has 0 saturated carbocycles. The van der Waals surface area contributed by atoms with Crippen LogP contribution in [0.5, 0.6) is 0 Å². The SMILES string of the molecule is CC(=O)[O-].C[NH2+]C(=N)N. The second-order valence-electron chi connectivity index (χ2n) is 1.24. The van der Waals surface area contributed by atoms with Gasteiger partial charge in [0.2, 0.25) is 0 Å². The standard InChI is InChI=1S/C2H7N3.C2H4O2/c1-5-2(3)4;1-2(3)4/h1H3,(H4,3,4,5);1H3,(H,3,4). The van der Waals surface area contributed by atoms with Gasteiger partial charge in [0.25, 0.3) is 5.96 Å². The zero-order valence-corrected chi connectivity index (χ0v) is 5.47. The molecule has 0 amide bonds. The van der Waals surface area contributed by atoms with Crippen LogP contribution in [0.4, 0.5) is 0 Å². The van der Waals surface area contributed by atoms with Crippen molar-refractivity contribution in [2.24, 2.45) is 5.73 Å². The predicted octanol–water partition coefficient (Wildman–Crippen LogP) is -3.17. The molecule has 0 aliphatic carbocycles. The zero-order valence-electron chi connectivity index (χ0n) is 5.47. The third-order valence-electron chi connectivity index (χ3n) is 0.311. The lowest BCUT2D eigenvalue weighted by atomic mass is 10.9. The molecule has 0 bridgehead atoms. The molecule has 5 N–H and O–H groups in total. The average molecular weight is 133 g/mol. The molecular weight excluding hydrogens is 122 g/mol. The van der Waals surface area contributed by atoms with E-state index in [4.69, 9.17) is 21.0 Å². The summed E-state index contributed by atoms with van der Waals surface area (Å²) in [6.07, 6.45) is 0. The Morgan fingerprint density at radius 2 is 1.89 bits per heavy atom. The summed E-state index contributed by atoms with van der Waals surface area (Å²) in [4.78, 5) is 8.89. The first kappa shape index (κ1) is 10.8. The maximum atomic E-state index is 8.89. The van der Waals surface area contributed by atoms with Crippen molar-refractivity contribution in [2.75, 3.05) is 7.05 Å². The molecule has 0 aromatic heterocycles.